The second-order valence-electron chi connectivity index (χ2n) is 7.17. The molecular weight excluding hydrogens is 354 g/mol. The third kappa shape index (κ3) is 5.26. The van der Waals surface area contributed by atoms with Crippen LogP contribution in [0.5, 0.6) is 0 Å². The Bertz CT molecular complexity index is 747. The normalized spacial score (nSPS) is 15.2. The summed E-state index contributed by atoms with van der Waals surface area (Å²) in [6.45, 7) is 10.3. The van der Waals surface area contributed by atoms with Crippen LogP contribution in [-0.2, 0) is 9.53 Å². The van der Waals surface area contributed by atoms with E-state index in [0.29, 0.717) is 29.5 Å². The molecule has 1 aliphatic rings. The van der Waals surface area contributed by atoms with Crippen LogP contribution in [0.25, 0.3) is 5.70 Å². The van der Waals surface area contributed by atoms with Crippen LogP contribution in [0.4, 0.5) is 4.79 Å². The summed E-state index contributed by atoms with van der Waals surface area (Å²) in [5.41, 5.74) is 6.65. The highest BCUT2D eigenvalue weighted by atomic mass is 35.5. The Balaban J connectivity index is 2.04. The van der Waals surface area contributed by atoms with Gasteiger partial charge in [0.25, 0.3) is 0 Å². The number of hydrogen-bond donors (Lipinski definition) is 2. The van der Waals surface area contributed by atoms with Crippen LogP contribution in [0, 0.1) is 5.92 Å². The summed E-state index contributed by atoms with van der Waals surface area (Å²) in [5.74, 6) is -0.635. The van der Waals surface area contributed by atoms with Crippen molar-refractivity contribution in [2.75, 3.05) is 13.1 Å². The number of amides is 2. The minimum atomic E-state index is -0.574. The monoisotopic (exact) mass is 377 g/mol. The molecule has 0 unspecified atom stereocenters. The summed E-state index contributed by atoms with van der Waals surface area (Å²) in [5, 5.41) is 3.67. The van der Waals surface area contributed by atoms with Crippen molar-refractivity contribution in [2.45, 2.75) is 26.4 Å². The molecule has 1 heterocycles. The quantitative estimate of drug-likeness (QED) is 0.772. The van der Waals surface area contributed by atoms with Crippen molar-refractivity contribution >= 4 is 29.3 Å². The van der Waals surface area contributed by atoms with E-state index in [1.54, 1.807) is 11.0 Å². The summed E-state index contributed by atoms with van der Waals surface area (Å²) < 4.78 is 5.34. The zero-order valence-electron chi connectivity index (χ0n) is 15.2. The second kappa shape index (κ2) is 7.83. The Morgan fingerprint density at radius 2 is 1.96 bits per heavy atom. The van der Waals surface area contributed by atoms with Gasteiger partial charge in [0.05, 0.1) is 0 Å². The molecule has 26 heavy (non-hydrogen) atoms. The number of benzene rings is 1. The fourth-order valence-corrected chi connectivity index (χ4v) is 2.76. The molecule has 2 rings (SSSR count). The largest absolute Gasteiger partial charge is 0.444 e. The zero-order valence-corrected chi connectivity index (χ0v) is 16.0. The van der Waals surface area contributed by atoms with Gasteiger partial charge in [-0.25, -0.2) is 4.79 Å². The molecule has 0 radical (unpaired) electrons. The van der Waals surface area contributed by atoms with Gasteiger partial charge in [0.2, 0.25) is 5.91 Å². The molecule has 0 saturated carbocycles. The summed E-state index contributed by atoms with van der Waals surface area (Å²) >= 11 is 6.18. The van der Waals surface area contributed by atoms with Crippen molar-refractivity contribution in [1.29, 1.82) is 0 Å². The standard InChI is InChI=1S/C19H24ClN3O3/c1-12(14-7-5-6-8-15(14)20)22-16(9-17(21)24)13-10-23(11-13)18(25)26-19(2,3)4/h5-9,13,22H,1,10-11H2,2-4H3,(H2,21,24). The third-order valence-corrected chi connectivity index (χ3v) is 4.09. The van der Waals surface area contributed by atoms with Crippen molar-refractivity contribution in [3.05, 3.63) is 53.2 Å². The van der Waals surface area contributed by atoms with Crippen LogP contribution >= 0.6 is 11.6 Å². The molecule has 1 aromatic rings. The van der Waals surface area contributed by atoms with Crippen LogP contribution in [0.3, 0.4) is 0 Å². The lowest BCUT2D eigenvalue weighted by molar-refractivity contribution is -0.113. The number of halogens is 1. The first-order chi connectivity index (χ1) is 12.1. The Morgan fingerprint density at radius 1 is 1.35 bits per heavy atom. The predicted octanol–water partition coefficient (Wildman–Crippen LogP) is 3.14. The maximum absolute atomic E-state index is 12.1. The number of rotatable bonds is 5. The molecule has 0 bridgehead atoms. The van der Waals surface area contributed by atoms with Crippen molar-refractivity contribution in [2.24, 2.45) is 11.7 Å². The molecule has 1 saturated heterocycles. The lowest BCUT2D eigenvalue weighted by atomic mass is 9.95. The summed E-state index contributed by atoms with van der Waals surface area (Å²) in [7, 11) is 0. The van der Waals surface area contributed by atoms with E-state index >= 15 is 0 Å². The van der Waals surface area contributed by atoms with Gasteiger partial charge in [0.1, 0.15) is 5.60 Å². The van der Waals surface area contributed by atoms with Crippen molar-refractivity contribution in [3.8, 4) is 0 Å². The van der Waals surface area contributed by atoms with E-state index in [1.165, 1.54) is 6.08 Å². The number of ether oxygens (including phenoxy) is 1. The van der Waals surface area contributed by atoms with Crippen LogP contribution in [0.15, 0.2) is 42.6 Å². The number of carbonyl (C=O) groups excluding carboxylic acids is 2. The lowest BCUT2D eigenvalue weighted by Crippen LogP contribution is -2.53. The van der Waals surface area contributed by atoms with E-state index in [4.69, 9.17) is 22.1 Å². The Labute approximate surface area is 158 Å². The third-order valence-electron chi connectivity index (χ3n) is 3.77. The number of nitrogens with one attached hydrogen (secondary N) is 1. The first kappa shape index (κ1) is 19.8. The van der Waals surface area contributed by atoms with Crippen molar-refractivity contribution < 1.29 is 14.3 Å². The maximum atomic E-state index is 12.1. The molecule has 140 valence electrons. The molecule has 6 nitrogen and oxygen atoms in total. The van der Waals surface area contributed by atoms with Gasteiger partial charge >= 0.3 is 6.09 Å². The van der Waals surface area contributed by atoms with Gasteiger partial charge in [-0.15, -0.1) is 0 Å². The fourth-order valence-electron chi connectivity index (χ4n) is 2.51. The molecule has 1 aromatic carbocycles. The minimum absolute atomic E-state index is 0.0609. The van der Waals surface area contributed by atoms with E-state index in [0.717, 1.165) is 5.56 Å². The minimum Gasteiger partial charge on any atom is -0.444 e. The molecule has 1 fully saturated rings. The molecule has 0 aromatic heterocycles. The van der Waals surface area contributed by atoms with Gasteiger partial charge in [-0.05, 0) is 26.8 Å². The van der Waals surface area contributed by atoms with Gasteiger partial charge < -0.3 is 20.7 Å². The van der Waals surface area contributed by atoms with E-state index in [2.05, 4.69) is 11.9 Å². The Kier molecular flexibility index (Phi) is 5.97. The smallest absolute Gasteiger partial charge is 0.410 e. The first-order valence-corrected chi connectivity index (χ1v) is 8.64. The fraction of sp³-hybridized carbons (Fsp3) is 0.368. The van der Waals surface area contributed by atoms with E-state index < -0.39 is 11.5 Å². The highest BCUT2D eigenvalue weighted by molar-refractivity contribution is 6.32. The number of likely N-dealkylation sites (tertiary alicyclic amines) is 1. The highest BCUT2D eigenvalue weighted by Gasteiger charge is 2.36. The second-order valence-corrected chi connectivity index (χ2v) is 7.57. The Morgan fingerprint density at radius 3 is 2.50 bits per heavy atom. The molecule has 0 atom stereocenters. The average molecular weight is 378 g/mol. The van der Waals surface area contributed by atoms with Crippen LogP contribution in [-0.4, -0.2) is 35.6 Å². The summed E-state index contributed by atoms with van der Waals surface area (Å²) in [6, 6.07) is 7.26. The lowest BCUT2D eigenvalue weighted by Gasteiger charge is -2.41. The van der Waals surface area contributed by atoms with Gasteiger partial charge in [-0.3, -0.25) is 4.79 Å². The topological polar surface area (TPSA) is 84.7 Å². The van der Waals surface area contributed by atoms with Gasteiger partial charge in [-0.2, -0.15) is 0 Å². The maximum Gasteiger partial charge on any atom is 0.410 e. The summed E-state index contributed by atoms with van der Waals surface area (Å²) in [6.07, 6.45) is 0.941. The SMILES string of the molecule is C=C(NC(=CC(N)=O)C1CN(C(=O)OC(C)(C)C)C1)c1ccccc1Cl. The number of hydrogen-bond acceptors (Lipinski definition) is 4. The molecule has 0 aliphatic carbocycles. The number of nitrogens with zero attached hydrogens (tertiary/aromatic N) is 1. The molecule has 0 spiro atoms. The summed E-state index contributed by atoms with van der Waals surface area (Å²) in [4.78, 5) is 25.0. The highest BCUT2D eigenvalue weighted by Crippen LogP contribution is 2.27. The average Bonchev–Trinajstić information content (AvgIpc) is 2.43. The van der Waals surface area contributed by atoms with Crippen molar-refractivity contribution in [3.63, 3.8) is 0 Å². The number of carbonyl (C=O) groups is 2. The van der Waals surface area contributed by atoms with Crippen LogP contribution in [0.2, 0.25) is 5.02 Å². The molecule has 7 heteroatoms. The molecule has 2 amide bonds. The zero-order chi connectivity index (χ0) is 19.5. The van der Waals surface area contributed by atoms with Gasteiger partial charge in [-0.1, -0.05) is 36.4 Å². The first-order valence-electron chi connectivity index (χ1n) is 8.26. The van der Waals surface area contributed by atoms with E-state index in [1.807, 2.05) is 39.0 Å². The Hall–Kier alpha value is -2.47. The van der Waals surface area contributed by atoms with Gasteiger partial charge in [0, 0.05) is 47.1 Å². The van der Waals surface area contributed by atoms with Crippen LogP contribution < -0.4 is 11.1 Å². The predicted molar refractivity (Wildman–Crippen MR) is 102 cm³/mol. The molecule has 1 aliphatic heterocycles. The van der Waals surface area contributed by atoms with Crippen molar-refractivity contribution in [1.82, 2.24) is 10.2 Å². The van der Waals surface area contributed by atoms with Crippen LogP contribution in [0.1, 0.15) is 26.3 Å². The molecule has 3 N–H and O–H groups in total. The van der Waals surface area contributed by atoms with E-state index in [-0.39, 0.29) is 12.0 Å². The number of nitrogens with two attached hydrogens (primary N) is 1. The molecular formula is C19H24ClN3O3. The number of primary amides is 1. The van der Waals surface area contributed by atoms with Gasteiger partial charge in [0.15, 0.2) is 0 Å². The van der Waals surface area contributed by atoms with E-state index in [9.17, 15) is 9.59 Å².